The van der Waals surface area contributed by atoms with E-state index in [1.165, 1.54) is 0 Å². The quantitative estimate of drug-likeness (QED) is 0.229. The van der Waals surface area contributed by atoms with Crippen LogP contribution < -0.4 is 29.6 Å². The van der Waals surface area contributed by atoms with Crippen molar-refractivity contribution in [2.75, 3.05) is 26.4 Å². The predicted octanol–water partition coefficient (Wildman–Crippen LogP) is -2.33. The number of hydrogen-bond acceptors (Lipinski definition) is 5. The van der Waals surface area contributed by atoms with E-state index in [-0.39, 0.29) is 44.2 Å². The van der Waals surface area contributed by atoms with Gasteiger partial charge in [-0.05, 0) is 6.42 Å². The summed E-state index contributed by atoms with van der Waals surface area (Å²) in [7, 11) is 0. The molecular weight excluding hydrogens is 243 g/mol. The molecule has 0 aliphatic heterocycles. The molecule has 1 unspecified atom stereocenters. The molecule has 0 radical (unpaired) electrons. The SMILES string of the molecule is C=CCOCC=C.O=S([O-])OCCCO.[H-].[Na+]. The number of aliphatic hydroxyl groups excluding tert-OH is 1. The van der Waals surface area contributed by atoms with Crippen LogP contribution in [0, 0.1) is 0 Å². The molecule has 0 aliphatic carbocycles. The molecule has 0 spiro atoms. The molecule has 5 nitrogen and oxygen atoms in total. The van der Waals surface area contributed by atoms with Gasteiger partial charge in [-0.15, -0.1) is 13.2 Å². The Morgan fingerprint density at radius 3 is 2.19 bits per heavy atom. The molecule has 0 aliphatic rings. The van der Waals surface area contributed by atoms with Crippen LogP contribution >= 0.6 is 0 Å². The van der Waals surface area contributed by atoms with Crippen LogP contribution in [-0.2, 0) is 20.3 Å². The summed E-state index contributed by atoms with van der Waals surface area (Å²) in [5.74, 6) is 0. The van der Waals surface area contributed by atoms with E-state index in [1.54, 1.807) is 12.2 Å². The summed E-state index contributed by atoms with van der Waals surface area (Å²) < 4.78 is 28.1. The summed E-state index contributed by atoms with van der Waals surface area (Å²) in [6.07, 6.45) is 3.78. The van der Waals surface area contributed by atoms with Crippen LogP contribution in [0.5, 0.6) is 0 Å². The second-order valence-electron chi connectivity index (χ2n) is 2.22. The number of rotatable bonds is 8. The molecular formula is C9H18NaO5S-. The molecule has 16 heavy (non-hydrogen) atoms. The van der Waals surface area contributed by atoms with Crippen molar-refractivity contribution in [3.8, 4) is 0 Å². The number of hydrogen-bond donors (Lipinski definition) is 1. The van der Waals surface area contributed by atoms with Crippen molar-refractivity contribution in [3.05, 3.63) is 25.3 Å². The molecule has 0 aromatic heterocycles. The summed E-state index contributed by atoms with van der Waals surface area (Å²) in [4.78, 5) is 0. The van der Waals surface area contributed by atoms with Gasteiger partial charge in [0, 0.05) is 6.61 Å². The first-order chi connectivity index (χ1) is 7.18. The zero-order valence-corrected chi connectivity index (χ0v) is 12.4. The van der Waals surface area contributed by atoms with E-state index in [0.717, 1.165) is 0 Å². The van der Waals surface area contributed by atoms with Crippen LogP contribution in [0.2, 0.25) is 0 Å². The van der Waals surface area contributed by atoms with Crippen molar-refractivity contribution < 1.29 is 53.8 Å². The average Bonchev–Trinajstić information content (AvgIpc) is 2.20. The van der Waals surface area contributed by atoms with Gasteiger partial charge in [0.2, 0.25) is 0 Å². The van der Waals surface area contributed by atoms with E-state index in [2.05, 4.69) is 17.3 Å². The summed E-state index contributed by atoms with van der Waals surface area (Å²) in [6, 6.07) is 0. The first kappa shape index (κ1) is 21.7. The maximum absolute atomic E-state index is 9.57. The second kappa shape index (κ2) is 20.8. The third-order valence-electron chi connectivity index (χ3n) is 0.953. The van der Waals surface area contributed by atoms with Gasteiger partial charge >= 0.3 is 29.6 Å². The Balaban J connectivity index is -0.0000000896. The Morgan fingerprint density at radius 2 is 1.88 bits per heavy atom. The van der Waals surface area contributed by atoms with E-state index in [9.17, 15) is 8.76 Å². The normalized spacial score (nSPS) is 10.4. The Labute approximate surface area is 123 Å². The fourth-order valence-electron chi connectivity index (χ4n) is 0.426. The van der Waals surface area contributed by atoms with Gasteiger partial charge in [0.15, 0.2) is 0 Å². The van der Waals surface area contributed by atoms with Crippen LogP contribution in [-0.4, -0.2) is 40.3 Å². The van der Waals surface area contributed by atoms with Crippen LogP contribution in [0.15, 0.2) is 25.3 Å². The van der Waals surface area contributed by atoms with Crippen molar-refractivity contribution in [1.82, 2.24) is 0 Å². The Hall–Kier alpha value is 0.470. The second-order valence-corrected chi connectivity index (χ2v) is 2.86. The van der Waals surface area contributed by atoms with Gasteiger partial charge in [0.1, 0.15) is 0 Å². The zero-order chi connectivity index (χ0) is 11.9. The predicted molar refractivity (Wildman–Crippen MR) is 58.9 cm³/mol. The molecule has 7 heteroatoms. The molecule has 0 amide bonds. The standard InChI is InChI=1S/C6H10O.C3H8O4S.Na.H/c1-3-5-7-6-4-2;4-2-1-3-7-8(5)6;;/h3-4H,1-2,5-6H2;4H,1-3H2,(H,5,6);;/q;;+1;-1/p-1. The van der Waals surface area contributed by atoms with Gasteiger partial charge in [0.05, 0.1) is 31.2 Å². The van der Waals surface area contributed by atoms with Gasteiger partial charge in [-0.3, -0.25) is 0 Å². The minimum Gasteiger partial charge on any atom is -1.00 e. The van der Waals surface area contributed by atoms with E-state index < -0.39 is 11.4 Å². The molecule has 1 atom stereocenters. The fourth-order valence-corrected chi connectivity index (χ4v) is 0.680. The summed E-state index contributed by atoms with van der Waals surface area (Å²) in [5.41, 5.74) is 0. The topological polar surface area (TPSA) is 78.8 Å². The minimum absolute atomic E-state index is 0. The van der Waals surface area contributed by atoms with E-state index in [0.29, 0.717) is 19.6 Å². The molecule has 0 saturated carbocycles. The molecule has 1 N–H and O–H groups in total. The van der Waals surface area contributed by atoms with Crippen molar-refractivity contribution in [3.63, 3.8) is 0 Å². The third kappa shape index (κ3) is 29.3. The fraction of sp³-hybridized carbons (Fsp3) is 0.556. The van der Waals surface area contributed by atoms with Crippen LogP contribution in [0.3, 0.4) is 0 Å². The van der Waals surface area contributed by atoms with E-state index >= 15 is 0 Å². The third-order valence-corrected chi connectivity index (χ3v) is 1.31. The molecule has 0 heterocycles. The van der Waals surface area contributed by atoms with E-state index in [1.807, 2.05) is 0 Å². The summed E-state index contributed by atoms with van der Waals surface area (Å²) >= 11 is -2.43. The van der Waals surface area contributed by atoms with Gasteiger partial charge in [-0.2, -0.15) is 0 Å². The van der Waals surface area contributed by atoms with Crippen LogP contribution in [0.25, 0.3) is 0 Å². The van der Waals surface area contributed by atoms with E-state index in [4.69, 9.17) is 9.84 Å². The average molecular weight is 261 g/mol. The number of ether oxygens (including phenoxy) is 1. The maximum Gasteiger partial charge on any atom is 1.00 e. The van der Waals surface area contributed by atoms with Crippen molar-refractivity contribution >= 4 is 11.4 Å². The molecule has 0 saturated heterocycles. The van der Waals surface area contributed by atoms with Crippen LogP contribution in [0.1, 0.15) is 7.85 Å². The minimum atomic E-state index is -2.43. The number of aliphatic hydroxyl groups is 1. The maximum atomic E-state index is 9.57. The van der Waals surface area contributed by atoms with Crippen molar-refractivity contribution in [1.29, 1.82) is 0 Å². The smallest absolute Gasteiger partial charge is 1.00 e. The Morgan fingerprint density at radius 1 is 1.38 bits per heavy atom. The first-order valence-corrected chi connectivity index (χ1v) is 5.32. The van der Waals surface area contributed by atoms with Gasteiger partial charge in [-0.25, -0.2) is 4.21 Å². The zero-order valence-electron chi connectivity index (χ0n) is 10.6. The van der Waals surface area contributed by atoms with Gasteiger partial charge < -0.3 is 20.0 Å². The largest absolute Gasteiger partial charge is 1.00 e. The molecule has 0 aromatic rings. The Bertz CT molecular complexity index is 175. The molecule has 0 bridgehead atoms. The monoisotopic (exact) mass is 261 g/mol. The van der Waals surface area contributed by atoms with Crippen molar-refractivity contribution in [2.24, 2.45) is 0 Å². The van der Waals surface area contributed by atoms with Gasteiger partial charge in [-0.1, -0.05) is 12.2 Å². The molecule has 0 rings (SSSR count). The molecule has 92 valence electrons. The van der Waals surface area contributed by atoms with Gasteiger partial charge in [0.25, 0.3) is 0 Å². The summed E-state index contributed by atoms with van der Waals surface area (Å²) in [5, 5.41) is 8.10. The molecule has 0 fully saturated rings. The molecule has 0 aromatic carbocycles. The summed E-state index contributed by atoms with van der Waals surface area (Å²) in [6.45, 7) is 8.20. The van der Waals surface area contributed by atoms with Crippen LogP contribution in [0.4, 0.5) is 0 Å². The Kier molecular flexibility index (Phi) is 28.3. The first-order valence-electron chi connectivity index (χ1n) is 4.32. The van der Waals surface area contributed by atoms with Crippen molar-refractivity contribution in [2.45, 2.75) is 6.42 Å².